The van der Waals surface area contributed by atoms with Gasteiger partial charge in [-0.15, -0.1) is 0 Å². The van der Waals surface area contributed by atoms with E-state index >= 15 is 0 Å². The molecule has 0 amide bonds. The Bertz CT molecular complexity index is 787. The first-order valence-electron chi connectivity index (χ1n) is 8.05. The zero-order chi connectivity index (χ0) is 16.4. The minimum atomic E-state index is 1.20. The molecule has 0 unspecified atom stereocenters. The Labute approximate surface area is 139 Å². The van der Waals surface area contributed by atoms with E-state index in [1.807, 2.05) is 0 Å². The maximum absolute atomic E-state index is 2.34. The second-order valence-corrected chi connectivity index (χ2v) is 6.30. The minimum absolute atomic E-state index is 1.20. The number of nitrogens with zero attached hydrogens (tertiary/aromatic N) is 1. The molecule has 0 aliphatic carbocycles. The fraction of sp³-hybridized carbons (Fsp3) is 0.182. The summed E-state index contributed by atoms with van der Waals surface area (Å²) >= 11 is 0. The normalized spacial score (nSPS) is 10.6. The fourth-order valence-corrected chi connectivity index (χ4v) is 3.02. The van der Waals surface area contributed by atoms with E-state index in [1.54, 1.807) is 0 Å². The average Bonchev–Trinajstić information content (AvgIpc) is 2.50. The van der Waals surface area contributed by atoms with Crippen LogP contribution in [0.1, 0.15) is 22.3 Å². The van der Waals surface area contributed by atoms with E-state index in [0.29, 0.717) is 0 Å². The van der Waals surface area contributed by atoms with Crippen LogP contribution in [-0.4, -0.2) is 0 Å². The molecule has 116 valence electrons. The van der Waals surface area contributed by atoms with Crippen LogP contribution in [0.2, 0.25) is 0 Å². The van der Waals surface area contributed by atoms with Crippen LogP contribution in [0.5, 0.6) is 0 Å². The van der Waals surface area contributed by atoms with E-state index in [-0.39, 0.29) is 0 Å². The highest BCUT2D eigenvalue weighted by Crippen LogP contribution is 2.37. The van der Waals surface area contributed by atoms with E-state index in [1.165, 1.54) is 39.3 Å². The van der Waals surface area contributed by atoms with E-state index in [0.717, 1.165) is 0 Å². The van der Waals surface area contributed by atoms with Crippen molar-refractivity contribution in [2.75, 3.05) is 4.90 Å². The number of aryl methyl sites for hydroxylation is 4. The summed E-state index contributed by atoms with van der Waals surface area (Å²) in [4.78, 5) is 2.34. The molecule has 0 heterocycles. The standard InChI is InChI=1S/C22H23N/c1-16-7-5-9-20(14-16)23(21-10-6-8-17(2)15-21)22-12-11-18(3)13-19(22)4/h5-15H,1-4H3. The second kappa shape index (κ2) is 6.29. The molecule has 0 saturated heterocycles. The first-order valence-corrected chi connectivity index (χ1v) is 8.05. The van der Waals surface area contributed by atoms with Gasteiger partial charge in [0.15, 0.2) is 0 Å². The minimum Gasteiger partial charge on any atom is -0.310 e. The summed E-state index contributed by atoms with van der Waals surface area (Å²) in [6.45, 7) is 8.60. The monoisotopic (exact) mass is 301 g/mol. The highest BCUT2D eigenvalue weighted by molar-refractivity contribution is 5.78. The largest absolute Gasteiger partial charge is 0.310 e. The van der Waals surface area contributed by atoms with Gasteiger partial charge in [0, 0.05) is 17.1 Å². The fourth-order valence-electron chi connectivity index (χ4n) is 3.02. The lowest BCUT2D eigenvalue weighted by atomic mass is 10.1. The molecular formula is C22H23N. The van der Waals surface area contributed by atoms with Gasteiger partial charge in [-0.25, -0.2) is 0 Å². The highest BCUT2D eigenvalue weighted by Gasteiger charge is 2.14. The molecular weight excluding hydrogens is 278 g/mol. The van der Waals surface area contributed by atoms with Crippen molar-refractivity contribution < 1.29 is 0 Å². The van der Waals surface area contributed by atoms with Crippen molar-refractivity contribution in [2.24, 2.45) is 0 Å². The third-order valence-corrected chi connectivity index (χ3v) is 4.11. The number of benzene rings is 3. The van der Waals surface area contributed by atoms with Crippen molar-refractivity contribution in [1.82, 2.24) is 0 Å². The van der Waals surface area contributed by atoms with Gasteiger partial charge in [-0.1, -0.05) is 42.0 Å². The molecule has 0 radical (unpaired) electrons. The summed E-state index contributed by atoms with van der Waals surface area (Å²) in [6.07, 6.45) is 0. The summed E-state index contributed by atoms with van der Waals surface area (Å²) < 4.78 is 0. The Morgan fingerprint density at radius 1 is 0.565 bits per heavy atom. The van der Waals surface area contributed by atoms with Crippen molar-refractivity contribution in [1.29, 1.82) is 0 Å². The maximum Gasteiger partial charge on any atom is 0.0490 e. The van der Waals surface area contributed by atoms with Gasteiger partial charge in [0.25, 0.3) is 0 Å². The second-order valence-electron chi connectivity index (χ2n) is 6.30. The molecule has 0 N–H and O–H groups in total. The van der Waals surface area contributed by atoms with Gasteiger partial charge < -0.3 is 4.90 Å². The quantitative estimate of drug-likeness (QED) is 0.541. The summed E-state index contributed by atoms with van der Waals surface area (Å²) in [5.41, 5.74) is 8.74. The molecule has 0 aliphatic heterocycles. The lowest BCUT2D eigenvalue weighted by Gasteiger charge is -2.27. The third-order valence-electron chi connectivity index (χ3n) is 4.11. The highest BCUT2D eigenvalue weighted by atomic mass is 15.1. The van der Waals surface area contributed by atoms with Crippen LogP contribution in [-0.2, 0) is 0 Å². The molecule has 3 aromatic carbocycles. The van der Waals surface area contributed by atoms with Crippen LogP contribution in [0, 0.1) is 27.7 Å². The van der Waals surface area contributed by atoms with E-state index < -0.39 is 0 Å². The van der Waals surface area contributed by atoms with Crippen LogP contribution in [0.4, 0.5) is 17.1 Å². The third kappa shape index (κ3) is 3.29. The molecule has 23 heavy (non-hydrogen) atoms. The van der Waals surface area contributed by atoms with Gasteiger partial charge in [-0.05, 0) is 74.7 Å². The molecule has 1 nitrogen and oxygen atoms in total. The summed E-state index contributed by atoms with van der Waals surface area (Å²) in [5.74, 6) is 0. The molecule has 0 spiro atoms. The number of rotatable bonds is 3. The van der Waals surface area contributed by atoms with E-state index in [9.17, 15) is 0 Å². The van der Waals surface area contributed by atoms with E-state index in [4.69, 9.17) is 0 Å². The zero-order valence-electron chi connectivity index (χ0n) is 14.3. The number of hydrogen-bond donors (Lipinski definition) is 0. The van der Waals surface area contributed by atoms with Crippen molar-refractivity contribution >= 4 is 17.1 Å². The summed E-state index contributed by atoms with van der Waals surface area (Å²) in [5, 5.41) is 0. The Morgan fingerprint density at radius 2 is 1.09 bits per heavy atom. The van der Waals surface area contributed by atoms with Crippen molar-refractivity contribution in [3.8, 4) is 0 Å². The van der Waals surface area contributed by atoms with Crippen molar-refractivity contribution in [3.63, 3.8) is 0 Å². The van der Waals surface area contributed by atoms with Gasteiger partial charge >= 0.3 is 0 Å². The Hall–Kier alpha value is -2.54. The van der Waals surface area contributed by atoms with Gasteiger partial charge in [-0.2, -0.15) is 0 Å². The van der Waals surface area contributed by atoms with Crippen LogP contribution in [0.15, 0.2) is 66.7 Å². The van der Waals surface area contributed by atoms with E-state index in [2.05, 4.69) is 99.3 Å². The predicted molar refractivity (Wildman–Crippen MR) is 100 cm³/mol. The van der Waals surface area contributed by atoms with Crippen LogP contribution in [0.25, 0.3) is 0 Å². The molecule has 0 saturated carbocycles. The first kappa shape index (κ1) is 15.4. The van der Waals surface area contributed by atoms with Gasteiger partial charge in [-0.3, -0.25) is 0 Å². The van der Waals surface area contributed by atoms with Gasteiger partial charge in [0.2, 0.25) is 0 Å². The molecule has 1 heteroatoms. The Kier molecular flexibility index (Phi) is 4.20. The van der Waals surface area contributed by atoms with Crippen LogP contribution in [0.3, 0.4) is 0 Å². The smallest absolute Gasteiger partial charge is 0.0490 e. The predicted octanol–water partition coefficient (Wildman–Crippen LogP) is 6.39. The average molecular weight is 301 g/mol. The number of hydrogen-bond acceptors (Lipinski definition) is 1. The van der Waals surface area contributed by atoms with Gasteiger partial charge in [0.05, 0.1) is 0 Å². The summed E-state index contributed by atoms with van der Waals surface area (Å²) in [7, 11) is 0. The molecule has 0 aliphatic rings. The maximum atomic E-state index is 2.34. The lowest BCUT2D eigenvalue weighted by Crippen LogP contribution is -2.11. The van der Waals surface area contributed by atoms with Crippen molar-refractivity contribution in [2.45, 2.75) is 27.7 Å². The van der Waals surface area contributed by atoms with Crippen LogP contribution >= 0.6 is 0 Å². The lowest BCUT2D eigenvalue weighted by molar-refractivity contribution is 1.22. The zero-order valence-corrected chi connectivity index (χ0v) is 14.3. The molecule has 3 aromatic rings. The molecule has 3 rings (SSSR count). The summed E-state index contributed by atoms with van der Waals surface area (Å²) in [6, 6.07) is 24.0. The molecule has 0 aromatic heterocycles. The van der Waals surface area contributed by atoms with Gasteiger partial charge in [0.1, 0.15) is 0 Å². The first-order chi connectivity index (χ1) is 11.0. The van der Waals surface area contributed by atoms with Crippen LogP contribution < -0.4 is 4.90 Å². The Balaban J connectivity index is 2.21. The number of anilines is 3. The molecule has 0 fully saturated rings. The SMILES string of the molecule is Cc1cccc(N(c2cccc(C)c2)c2ccc(C)cc2C)c1. The topological polar surface area (TPSA) is 3.24 Å². The molecule has 0 atom stereocenters. The molecule has 0 bridgehead atoms. The van der Waals surface area contributed by atoms with Crippen molar-refractivity contribution in [3.05, 3.63) is 89.0 Å². The Morgan fingerprint density at radius 3 is 1.57 bits per heavy atom.